The average molecular weight is 676 g/mol. The standard InChI is InChI=1S/C25H29N3O15S2/c1-40-16(9-12-5-3-7-15(29)19(12)43-45(37,38)39)22(35)42-10-13-11-44-24-25(41-2,23(36)28(24)18(13)21(33)34)27-17(30)8-4-6-14(26)20(31)32/h3,5,7,9,14,24,29H,4,6,8,10-11,26H2,1-2H3,(H,27,30)(H,31,32)(H,33,34)(H,37,38,39). The number of hydrogen-bond donors (Lipinski definition) is 6. The molecule has 3 atom stereocenters. The van der Waals surface area contributed by atoms with Crippen LogP contribution in [0.2, 0.25) is 0 Å². The number of carboxylic acids is 2. The minimum Gasteiger partial charge on any atom is -0.504 e. The summed E-state index contributed by atoms with van der Waals surface area (Å²) < 4.78 is 51.2. The van der Waals surface area contributed by atoms with E-state index in [-0.39, 0.29) is 36.2 Å². The van der Waals surface area contributed by atoms with Crippen LogP contribution in [-0.4, -0.2) is 107 Å². The maximum atomic E-state index is 13.2. The minimum absolute atomic E-state index is 0.00225. The third-order valence-electron chi connectivity index (χ3n) is 6.49. The lowest BCUT2D eigenvalue weighted by Gasteiger charge is -2.55. The first-order chi connectivity index (χ1) is 21.1. The highest BCUT2D eigenvalue weighted by Gasteiger charge is 2.66. The lowest BCUT2D eigenvalue weighted by atomic mass is 9.97. The van der Waals surface area contributed by atoms with Gasteiger partial charge in [0, 0.05) is 30.4 Å². The van der Waals surface area contributed by atoms with Crippen molar-refractivity contribution in [1.29, 1.82) is 0 Å². The summed E-state index contributed by atoms with van der Waals surface area (Å²) in [7, 11) is -2.84. The Morgan fingerprint density at radius 3 is 2.51 bits per heavy atom. The number of hydrogen-bond acceptors (Lipinski definition) is 14. The normalized spacial score (nSPS) is 20.4. The van der Waals surface area contributed by atoms with E-state index in [1.54, 1.807) is 0 Å². The summed E-state index contributed by atoms with van der Waals surface area (Å²) in [6, 6.07) is 2.38. The monoisotopic (exact) mass is 675 g/mol. The van der Waals surface area contributed by atoms with Gasteiger partial charge in [0.25, 0.3) is 11.6 Å². The predicted octanol–water partition coefficient (Wildman–Crippen LogP) is -0.601. The zero-order valence-electron chi connectivity index (χ0n) is 23.6. The Morgan fingerprint density at radius 2 is 1.93 bits per heavy atom. The fraction of sp³-hybridized carbons (Fsp3) is 0.400. The number of para-hydroxylation sites is 1. The molecule has 7 N–H and O–H groups in total. The summed E-state index contributed by atoms with van der Waals surface area (Å²) in [5, 5.41) is 30.2. The number of fused-ring (bicyclic) bond motifs is 1. The zero-order valence-corrected chi connectivity index (χ0v) is 25.3. The molecule has 0 bridgehead atoms. The molecule has 2 amide bonds. The Labute approximate surface area is 259 Å². The molecular formula is C25H29N3O15S2. The van der Waals surface area contributed by atoms with Gasteiger partial charge in [-0.3, -0.25) is 23.8 Å². The summed E-state index contributed by atoms with van der Waals surface area (Å²) in [6.07, 6.45) is 0.858. The molecule has 2 aliphatic heterocycles. The number of nitrogens with two attached hydrogens (primary N) is 1. The quantitative estimate of drug-likeness (QED) is 0.0338. The van der Waals surface area contributed by atoms with Crippen molar-refractivity contribution in [3.05, 3.63) is 40.8 Å². The number of amides is 2. The Bertz CT molecular complexity index is 1560. The molecule has 246 valence electrons. The first-order valence-electron chi connectivity index (χ1n) is 12.7. The molecule has 18 nitrogen and oxygen atoms in total. The largest absolute Gasteiger partial charge is 0.504 e. The van der Waals surface area contributed by atoms with E-state index in [0.717, 1.165) is 43.0 Å². The van der Waals surface area contributed by atoms with Crippen LogP contribution in [0.25, 0.3) is 6.08 Å². The van der Waals surface area contributed by atoms with Gasteiger partial charge in [0.15, 0.2) is 11.5 Å². The van der Waals surface area contributed by atoms with E-state index in [2.05, 4.69) is 9.50 Å². The number of aliphatic carboxylic acids is 2. The van der Waals surface area contributed by atoms with Crippen LogP contribution in [0.3, 0.4) is 0 Å². The molecule has 1 saturated heterocycles. The number of thioether (sulfide) groups is 1. The van der Waals surface area contributed by atoms with Crippen LogP contribution in [0.1, 0.15) is 24.8 Å². The first-order valence-corrected chi connectivity index (χ1v) is 15.1. The minimum atomic E-state index is -5.06. The van der Waals surface area contributed by atoms with Crippen molar-refractivity contribution in [3.63, 3.8) is 0 Å². The summed E-state index contributed by atoms with van der Waals surface area (Å²) in [5.74, 6) is -7.51. The fourth-order valence-electron chi connectivity index (χ4n) is 4.35. The van der Waals surface area contributed by atoms with Gasteiger partial charge >= 0.3 is 28.3 Å². The molecule has 20 heteroatoms. The maximum Gasteiger partial charge on any atom is 0.446 e. The van der Waals surface area contributed by atoms with E-state index < -0.39 is 86.8 Å². The maximum absolute atomic E-state index is 13.2. The second kappa shape index (κ2) is 14.2. The molecule has 0 radical (unpaired) electrons. The lowest BCUT2D eigenvalue weighted by molar-refractivity contribution is -0.192. The van der Waals surface area contributed by atoms with Crippen LogP contribution in [0.15, 0.2) is 35.2 Å². The number of esters is 1. The molecule has 0 spiro atoms. The van der Waals surface area contributed by atoms with Crippen LogP contribution in [0.4, 0.5) is 0 Å². The number of ether oxygens (including phenoxy) is 3. The van der Waals surface area contributed by atoms with E-state index in [1.807, 2.05) is 0 Å². The van der Waals surface area contributed by atoms with E-state index in [4.69, 9.17) is 29.6 Å². The Morgan fingerprint density at radius 1 is 1.24 bits per heavy atom. The summed E-state index contributed by atoms with van der Waals surface area (Å²) in [5.41, 5.74) is 2.81. The molecular weight excluding hydrogens is 646 g/mol. The van der Waals surface area contributed by atoms with Gasteiger partial charge in [-0.05, 0) is 25.0 Å². The number of carboxylic acid groups (broad SMARTS) is 2. The molecule has 0 aliphatic carbocycles. The van der Waals surface area contributed by atoms with Gasteiger partial charge in [-0.2, -0.15) is 8.42 Å². The van der Waals surface area contributed by atoms with Gasteiger partial charge in [0.1, 0.15) is 23.7 Å². The van der Waals surface area contributed by atoms with Gasteiger partial charge < -0.3 is 44.8 Å². The van der Waals surface area contributed by atoms with Crippen molar-refractivity contribution in [1.82, 2.24) is 10.2 Å². The van der Waals surface area contributed by atoms with Crippen molar-refractivity contribution in [2.45, 2.75) is 36.4 Å². The fourth-order valence-corrected chi connectivity index (χ4v) is 6.16. The predicted molar refractivity (Wildman–Crippen MR) is 151 cm³/mol. The molecule has 3 unspecified atom stereocenters. The van der Waals surface area contributed by atoms with Crippen LogP contribution >= 0.6 is 11.8 Å². The summed E-state index contributed by atoms with van der Waals surface area (Å²) in [6.45, 7) is -0.630. The highest BCUT2D eigenvalue weighted by molar-refractivity contribution is 8.00. The number of rotatable bonds is 15. The van der Waals surface area contributed by atoms with Crippen LogP contribution < -0.4 is 15.2 Å². The van der Waals surface area contributed by atoms with Crippen LogP contribution in [-0.2, 0) is 48.6 Å². The van der Waals surface area contributed by atoms with Gasteiger partial charge in [-0.1, -0.05) is 12.1 Å². The second-order valence-corrected chi connectivity index (χ2v) is 11.5. The number of phenols is 1. The Hall–Kier alpha value is -4.37. The number of benzene rings is 1. The highest BCUT2D eigenvalue weighted by atomic mass is 32.3. The van der Waals surface area contributed by atoms with Crippen molar-refractivity contribution in [2.75, 3.05) is 26.6 Å². The number of aromatic hydroxyl groups is 1. The van der Waals surface area contributed by atoms with Crippen molar-refractivity contribution in [3.8, 4) is 11.5 Å². The Balaban J connectivity index is 1.76. The molecule has 1 fully saturated rings. The van der Waals surface area contributed by atoms with Gasteiger partial charge in [0.2, 0.25) is 11.7 Å². The third-order valence-corrected chi connectivity index (χ3v) is 8.25. The highest BCUT2D eigenvalue weighted by Crippen LogP contribution is 2.46. The molecule has 0 saturated carbocycles. The number of carbonyl (C=O) groups is 5. The van der Waals surface area contributed by atoms with E-state index >= 15 is 0 Å². The van der Waals surface area contributed by atoms with Crippen LogP contribution in [0.5, 0.6) is 11.5 Å². The molecule has 3 rings (SSSR count). The SMILES string of the molecule is COC(=Cc1cccc(O)c1OS(=O)(=O)O)C(=O)OCC1=C(C(=O)O)N2C(=O)C(NC(=O)CCCC(N)C(=O)O)(OC)C2SC1. The molecule has 2 heterocycles. The van der Waals surface area contributed by atoms with Crippen LogP contribution in [0, 0.1) is 0 Å². The molecule has 0 aromatic heterocycles. The van der Waals surface area contributed by atoms with Crippen molar-refractivity contribution in [2.24, 2.45) is 5.73 Å². The average Bonchev–Trinajstić information content (AvgIpc) is 2.97. The number of carbonyl (C=O) groups excluding carboxylic acids is 3. The van der Waals surface area contributed by atoms with Gasteiger partial charge in [0.05, 0.1) is 7.11 Å². The molecule has 45 heavy (non-hydrogen) atoms. The number of phenolic OH excluding ortho intramolecular Hbond substituents is 1. The molecule has 1 aromatic rings. The summed E-state index contributed by atoms with van der Waals surface area (Å²) >= 11 is 1.01. The second-order valence-electron chi connectivity index (χ2n) is 9.42. The van der Waals surface area contributed by atoms with Crippen molar-refractivity contribution < 1.29 is 70.7 Å². The lowest BCUT2D eigenvalue weighted by Crippen LogP contribution is -2.80. The zero-order chi connectivity index (χ0) is 33.7. The van der Waals surface area contributed by atoms with Gasteiger partial charge in [-0.15, -0.1) is 11.8 Å². The van der Waals surface area contributed by atoms with Crippen molar-refractivity contribution >= 4 is 58.0 Å². The number of nitrogens with one attached hydrogen (secondary N) is 1. The Kier molecular flexibility index (Phi) is 11.0. The van der Waals surface area contributed by atoms with E-state index in [9.17, 15) is 42.6 Å². The first kappa shape index (κ1) is 35.1. The number of nitrogens with zero attached hydrogens (tertiary/aromatic N) is 1. The van der Waals surface area contributed by atoms with E-state index in [1.165, 1.54) is 12.1 Å². The molecule has 2 aliphatic rings. The van der Waals surface area contributed by atoms with Gasteiger partial charge in [-0.25, -0.2) is 9.59 Å². The smallest absolute Gasteiger partial charge is 0.446 e. The number of β-lactam (4-membered cyclic amide) rings is 1. The topological polar surface area (TPSA) is 279 Å². The third kappa shape index (κ3) is 7.84. The van der Waals surface area contributed by atoms with E-state index in [0.29, 0.717) is 0 Å². The summed E-state index contributed by atoms with van der Waals surface area (Å²) in [4.78, 5) is 62.5. The molecule has 1 aromatic carbocycles. The number of methoxy groups -OCH3 is 2.